The summed E-state index contributed by atoms with van der Waals surface area (Å²) < 4.78 is 5.64. The lowest BCUT2D eigenvalue weighted by molar-refractivity contribution is -0.114. The third kappa shape index (κ3) is 3.26. The van der Waals surface area contributed by atoms with Gasteiger partial charge < -0.3 is 15.1 Å². The molecule has 122 valence electrons. The summed E-state index contributed by atoms with van der Waals surface area (Å²) in [6.45, 7) is 3.25. The second-order valence-electron chi connectivity index (χ2n) is 5.41. The molecule has 0 bridgehead atoms. The van der Waals surface area contributed by atoms with Crippen LogP contribution in [0.4, 0.5) is 11.4 Å². The van der Waals surface area contributed by atoms with Gasteiger partial charge in [-0.1, -0.05) is 11.6 Å². The first kappa shape index (κ1) is 16.1. The molecule has 24 heavy (non-hydrogen) atoms. The number of hydrogen-bond acceptors (Lipinski definition) is 3. The molecule has 6 heteroatoms. The fraction of sp³-hybridized carbons (Fsp3) is 0.111. The third-order valence-electron chi connectivity index (χ3n) is 3.57. The number of hydrogen-bond donors (Lipinski definition) is 2. The molecule has 5 nitrogen and oxygen atoms in total. The monoisotopic (exact) mass is 342 g/mol. The molecule has 0 aliphatic heterocycles. The van der Waals surface area contributed by atoms with E-state index in [9.17, 15) is 9.59 Å². The van der Waals surface area contributed by atoms with Crippen molar-refractivity contribution in [2.75, 3.05) is 10.6 Å². The number of benzene rings is 2. The summed E-state index contributed by atoms with van der Waals surface area (Å²) in [5.74, 6) is -0.242. The summed E-state index contributed by atoms with van der Waals surface area (Å²) in [7, 11) is 0. The van der Waals surface area contributed by atoms with E-state index in [0.29, 0.717) is 22.0 Å². The van der Waals surface area contributed by atoms with Gasteiger partial charge in [-0.25, -0.2) is 0 Å². The number of fused-ring (bicyclic) bond motifs is 1. The minimum atomic E-state index is -0.341. The second-order valence-corrected chi connectivity index (χ2v) is 5.85. The Morgan fingerprint density at radius 2 is 1.62 bits per heavy atom. The molecule has 3 aromatic rings. The van der Waals surface area contributed by atoms with Crippen LogP contribution in [0.3, 0.4) is 0 Å². The highest BCUT2D eigenvalue weighted by Gasteiger charge is 2.18. The van der Waals surface area contributed by atoms with Gasteiger partial charge in [0.1, 0.15) is 5.58 Å². The molecule has 0 saturated carbocycles. The fourth-order valence-electron chi connectivity index (χ4n) is 2.44. The molecule has 2 aromatic carbocycles. The van der Waals surface area contributed by atoms with E-state index in [-0.39, 0.29) is 17.6 Å². The lowest BCUT2D eigenvalue weighted by Crippen LogP contribution is -2.12. The van der Waals surface area contributed by atoms with E-state index in [4.69, 9.17) is 16.0 Å². The highest BCUT2D eigenvalue weighted by Crippen LogP contribution is 2.28. The van der Waals surface area contributed by atoms with Crippen LogP contribution in [-0.2, 0) is 4.79 Å². The first-order valence-electron chi connectivity index (χ1n) is 7.31. The molecule has 1 aromatic heterocycles. The van der Waals surface area contributed by atoms with Crippen LogP contribution in [0.2, 0.25) is 5.02 Å². The van der Waals surface area contributed by atoms with Crippen LogP contribution in [0.1, 0.15) is 23.0 Å². The first-order chi connectivity index (χ1) is 11.4. The number of furan rings is 1. The maximum Gasteiger partial charge on any atom is 0.291 e. The van der Waals surface area contributed by atoms with E-state index in [1.165, 1.54) is 6.92 Å². The van der Waals surface area contributed by atoms with Crippen LogP contribution < -0.4 is 10.6 Å². The predicted molar refractivity (Wildman–Crippen MR) is 94.7 cm³/mol. The topological polar surface area (TPSA) is 71.3 Å². The van der Waals surface area contributed by atoms with E-state index in [0.717, 1.165) is 10.9 Å². The number of nitrogens with one attached hydrogen (secondary N) is 2. The second kappa shape index (κ2) is 6.37. The number of rotatable bonds is 3. The Bertz CT molecular complexity index is 929. The molecule has 2 N–H and O–H groups in total. The van der Waals surface area contributed by atoms with Gasteiger partial charge in [-0.15, -0.1) is 0 Å². The van der Waals surface area contributed by atoms with Gasteiger partial charge in [-0.05, 0) is 49.4 Å². The fourth-order valence-corrected chi connectivity index (χ4v) is 2.61. The minimum absolute atomic E-state index is 0.150. The Morgan fingerprint density at radius 3 is 2.25 bits per heavy atom. The molecule has 0 unspecified atom stereocenters. The largest absolute Gasteiger partial charge is 0.451 e. The number of halogens is 1. The Balaban J connectivity index is 1.82. The van der Waals surface area contributed by atoms with Gasteiger partial charge >= 0.3 is 0 Å². The molecule has 0 spiro atoms. The molecule has 0 aliphatic rings. The average Bonchev–Trinajstić information content (AvgIpc) is 2.86. The van der Waals surface area contributed by atoms with Crippen LogP contribution in [0.5, 0.6) is 0 Å². The van der Waals surface area contributed by atoms with Crippen LogP contribution in [-0.4, -0.2) is 11.8 Å². The van der Waals surface area contributed by atoms with Crippen molar-refractivity contribution in [1.29, 1.82) is 0 Å². The van der Waals surface area contributed by atoms with Crippen LogP contribution in [0, 0.1) is 6.92 Å². The lowest BCUT2D eigenvalue weighted by Gasteiger charge is -2.06. The van der Waals surface area contributed by atoms with E-state index in [1.54, 1.807) is 42.5 Å². The number of amides is 2. The molecule has 1 heterocycles. The van der Waals surface area contributed by atoms with Crippen molar-refractivity contribution in [2.24, 2.45) is 0 Å². The van der Waals surface area contributed by atoms with Gasteiger partial charge in [-0.3, -0.25) is 9.59 Å². The minimum Gasteiger partial charge on any atom is -0.451 e. The Morgan fingerprint density at radius 1 is 1.00 bits per heavy atom. The highest BCUT2D eigenvalue weighted by atomic mass is 35.5. The number of aryl methyl sites for hydroxylation is 1. The SMILES string of the molecule is CC(=O)Nc1ccc(NC(=O)c2oc3ccc(Cl)cc3c2C)cc1. The van der Waals surface area contributed by atoms with Crippen molar-refractivity contribution in [1.82, 2.24) is 0 Å². The predicted octanol–water partition coefficient (Wildman–Crippen LogP) is 4.61. The first-order valence-corrected chi connectivity index (χ1v) is 7.69. The van der Waals surface area contributed by atoms with Gasteiger partial charge in [0, 0.05) is 34.3 Å². The van der Waals surface area contributed by atoms with Gasteiger partial charge in [0.25, 0.3) is 5.91 Å². The maximum atomic E-state index is 12.4. The van der Waals surface area contributed by atoms with Gasteiger partial charge in [-0.2, -0.15) is 0 Å². The van der Waals surface area contributed by atoms with Gasteiger partial charge in [0.2, 0.25) is 5.91 Å². The molecule has 0 radical (unpaired) electrons. The molecule has 2 amide bonds. The number of carbonyl (C=O) groups is 2. The molecule has 0 atom stereocenters. The van der Waals surface area contributed by atoms with Crippen molar-refractivity contribution in [3.05, 3.63) is 58.8 Å². The van der Waals surface area contributed by atoms with Crippen LogP contribution >= 0.6 is 11.6 Å². The third-order valence-corrected chi connectivity index (χ3v) is 3.80. The smallest absolute Gasteiger partial charge is 0.291 e. The van der Waals surface area contributed by atoms with E-state index in [2.05, 4.69) is 10.6 Å². The van der Waals surface area contributed by atoms with E-state index in [1.807, 2.05) is 6.92 Å². The molecule has 0 saturated heterocycles. The molecular formula is C18H15ClN2O3. The zero-order chi connectivity index (χ0) is 17.3. The van der Waals surface area contributed by atoms with Crippen molar-refractivity contribution >= 4 is 45.8 Å². The number of carbonyl (C=O) groups excluding carboxylic acids is 2. The summed E-state index contributed by atoms with van der Waals surface area (Å²) >= 11 is 5.99. The summed E-state index contributed by atoms with van der Waals surface area (Å²) in [6, 6.07) is 12.1. The zero-order valence-electron chi connectivity index (χ0n) is 13.1. The quantitative estimate of drug-likeness (QED) is 0.730. The molecule has 3 rings (SSSR count). The summed E-state index contributed by atoms with van der Waals surface area (Å²) in [6.07, 6.45) is 0. The highest BCUT2D eigenvalue weighted by molar-refractivity contribution is 6.31. The van der Waals surface area contributed by atoms with Crippen molar-refractivity contribution in [3.8, 4) is 0 Å². The molecule has 0 aliphatic carbocycles. The van der Waals surface area contributed by atoms with Crippen molar-refractivity contribution in [3.63, 3.8) is 0 Å². The average molecular weight is 343 g/mol. The lowest BCUT2D eigenvalue weighted by atomic mass is 10.1. The van der Waals surface area contributed by atoms with E-state index >= 15 is 0 Å². The van der Waals surface area contributed by atoms with Crippen LogP contribution in [0.15, 0.2) is 46.9 Å². The van der Waals surface area contributed by atoms with Gasteiger partial charge in [0.15, 0.2) is 5.76 Å². The molecular weight excluding hydrogens is 328 g/mol. The Labute approximate surface area is 143 Å². The van der Waals surface area contributed by atoms with Gasteiger partial charge in [0.05, 0.1) is 0 Å². The van der Waals surface area contributed by atoms with Crippen LogP contribution in [0.25, 0.3) is 11.0 Å². The summed E-state index contributed by atoms with van der Waals surface area (Å²) in [5.41, 5.74) is 2.62. The normalized spacial score (nSPS) is 10.6. The summed E-state index contributed by atoms with van der Waals surface area (Å²) in [5, 5.41) is 6.85. The Kier molecular flexibility index (Phi) is 4.27. The molecule has 0 fully saturated rings. The standard InChI is InChI=1S/C18H15ClN2O3/c1-10-15-9-12(19)3-8-16(15)24-17(10)18(23)21-14-6-4-13(5-7-14)20-11(2)22/h3-9H,1-2H3,(H,20,22)(H,21,23). The Hall–Kier alpha value is -2.79. The number of anilines is 2. The van der Waals surface area contributed by atoms with Crippen molar-refractivity contribution in [2.45, 2.75) is 13.8 Å². The maximum absolute atomic E-state index is 12.4. The summed E-state index contributed by atoms with van der Waals surface area (Å²) in [4.78, 5) is 23.4. The van der Waals surface area contributed by atoms with E-state index < -0.39 is 0 Å². The van der Waals surface area contributed by atoms with Crippen molar-refractivity contribution < 1.29 is 14.0 Å². The zero-order valence-corrected chi connectivity index (χ0v) is 13.9.